The first-order valence-corrected chi connectivity index (χ1v) is 50.4. The highest BCUT2D eigenvalue weighted by atomic mass is 35.5. The monoisotopic (exact) mass is 1650 g/mol. The molecule has 41 heteroatoms. The van der Waals surface area contributed by atoms with E-state index in [1.807, 2.05) is 6.07 Å². The molecule has 6 N–H and O–H groups in total. The largest absolute Gasteiger partial charge is 0.463 e. The highest BCUT2D eigenvalue weighted by molar-refractivity contribution is 8.78. The molecule has 2 aliphatic carbocycles. The lowest BCUT2D eigenvalue weighted by molar-refractivity contribution is -0.385. The number of ether oxygens (including phenoxy) is 2. The molecule has 4 aliphatic rings. The lowest BCUT2D eigenvalue weighted by Crippen LogP contribution is -2.32. The lowest BCUT2D eigenvalue weighted by Gasteiger charge is -2.34. The Morgan fingerprint density at radius 1 is 0.718 bits per heavy atom. The molecule has 17 nitrogen and oxygen atoms in total. The van der Waals surface area contributed by atoms with Crippen LogP contribution in [0.1, 0.15) is 128 Å². The number of Topliss-reactive ketones (excluding diaryl/α,β-unsaturated/α-hetero) is 1. The zero-order valence-corrected chi connectivity index (χ0v) is 63.3. The van der Waals surface area contributed by atoms with Crippen LogP contribution in [0.25, 0.3) is 0 Å². The number of nitrogens with one attached hydrogen (secondary N) is 2. The van der Waals surface area contributed by atoms with Gasteiger partial charge in [0.15, 0.2) is 0 Å². The van der Waals surface area contributed by atoms with Crippen LogP contribution in [0.4, 0.5) is 22.9 Å². The maximum absolute atomic E-state index is 13.0. The molecule has 2 unspecified atom stereocenters. The van der Waals surface area contributed by atoms with Crippen molar-refractivity contribution < 1.29 is 61.9 Å². The molecule has 2 aliphatic heterocycles. The molecular formula is C44H66Cl4N8O9S20. The number of alkyl halides is 4. The molecule has 3 heterocycles. The number of anilines is 2. The third-order valence-electron chi connectivity index (χ3n) is 11.5. The van der Waals surface area contributed by atoms with Crippen molar-refractivity contribution in [3.63, 3.8) is 0 Å². The Balaban J connectivity index is -0.000000234. The maximum atomic E-state index is 13.0. The Hall–Kier alpha value is -1.53. The van der Waals surface area contributed by atoms with Gasteiger partial charge in [-0.15, -0.1) is 46.4 Å². The number of nitrogens with two attached hydrogens (primary N) is 2. The number of pyridine rings is 1. The molecule has 0 radical (unpaired) electrons. The quantitative estimate of drug-likeness (QED) is 0.0706. The molecule has 0 bridgehead atoms. The highest BCUT2D eigenvalue weighted by Gasteiger charge is 2.41. The molecular weight excluding hydrogens is 1570 g/mol. The number of allylic oxidation sites excluding steroid dienone is 3. The molecule has 85 heavy (non-hydrogen) atoms. The number of non-ortho nitro benzene ring substituents is 2. The van der Waals surface area contributed by atoms with Gasteiger partial charge in [-0.05, 0) is 64.5 Å². The van der Waals surface area contributed by atoms with E-state index < -0.39 is 42.3 Å². The van der Waals surface area contributed by atoms with Crippen LogP contribution < -0.4 is 22.1 Å². The first kappa shape index (κ1) is 62.3. The minimum atomic E-state index is -0.962. The molecule has 0 amide bonds. The normalized spacial score (nSPS) is 17.3. The van der Waals surface area contributed by atoms with Gasteiger partial charge in [-0.25, -0.2) is 14.6 Å². The standard InChI is InChI=1S/C22H22Cl2N4O4.C16H16N4O4.C6H8Cl2O.S20.10H2/c1-3-32-21(29)16-11(2)26-20-18(17(16)12-5-4-6-13(9-12)28(30)31)19(25)14-10-22(23,24)8-7-15(14)27-20;1-3-24-16(21)13-9(2)19-15(18)12(8-17)14(13)10-5-4-6-11(7-10)20(22)23;7-6(8)3-1-5(9)2-4-6;1-3-5-7-9-11-13-15-17-19-20-18-16-14-12-10-8-6-4-2;;;;;;;;;;/h4-6,9,17H,3,7-8,10H2,1-2H3,(H3,25,26,27);4-7,14,19H,3,18H2,1-2H3;1-4H2;;10*1H/i;;;;9*1+1D;1+1. The number of ketones is 1. The molecule has 2 aromatic carbocycles. The van der Waals surface area contributed by atoms with E-state index in [0.29, 0.717) is 90.1 Å². The van der Waals surface area contributed by atoms with E-state index in [1.165, 1.54) is 48.1 Å². The molecule has 1 fully saturated rings. The highest BCUT2D eigenvalue weighted by Crippen LogP contribution is 2.49. The molecule has 0 spiro atoms. The first-order chi connectivity index (χ1) is 49.5. The van der Waals surface area contributed by atoms with Crippen LogP contribution in [0.3, 0.4) is 0 Å². The number of halogens is 4. The van der Waals surface area contributed by atoms with Gasteiger partial charge in [-0.3, -0.25) is 25.0 Å². The number of nitro groups is 2. The summed E-state index contributed by atoms with van der Waals surface area (Å²) in [7, 11) is 30.8. The minimum Gasteiger partial charge on any atom is -0.463 e. The second-order valence-corrected chi connectivity index (χ2v) is 51.8. The Morgan fingerprint density at radius 3 is 1.54 bits per heavy atom. The lowest BCUT2D eigenvalue weighted by atomic mass is 9.79. The van der Waals surface area contributed by atoms with E-state index >= 15 is 0 Å². The van der Waals surface area contributed by atoms with Crippen molar-refractivity contribution in [2.75, 3.05) is 24.3 Å². The number of rotatable bonds is 8. The van der Waals surface area contributed by atoms with Crippen molar-refractivity contribution >= 4 is 269 Å². The zero-order valence-electron chi connectivity index (χ0n) is 61.9. The van der Waals surface area contributed by atoms with E-state index in [1.54, 1.807) is 188 Å². The maximum Gasteiger partial charge on any atom is 0.336 e. The van der Waals surface area contributed by atoms with Gasteiger partial charge in [0.05, 0.1) is 51.8 Å². The van der Waals surface area contributed by atoms with E-state index in [4.69, 9.17) is 121 Å². The number of hydrogen-bond acceptors (Lipinski definition) is 17. The van der Waals surface area contributed by atoms with Gasteiger partial charge in [-0.2, -0.15) is 5.26 Å². The number of nitrogen functional groups attached to an aromatic ring is 1. The summed E-state index contributed by atoms with van der Waals surface area (Å²) in [6.07, 6.45) is 3.77. The van der Waals surface area contributed by atoms with Crippen LogP contribution in [-0.2, 0) is 219 Å². The van der Waals surface area contributed by atoms with Crippen molar-refractivity contribution in [3.8, 4) is 6.07 Å². The topological polar surface area (TPSA) is 269 Å². The number of aryl methyl sites for hydroxylation is 1. The summed E-state index contributed by atoms with van der Waals surface area (Å²) in [5, 5.41) is 37.9. The first-order valence-electron chi connectivity index (χ1n) is 32.6. The number of carbonyl (C=O) groups is 3. The Bertz CT molecular complexity index is 4140. The zero-order chi connectivity index (χ0) is 80.7. The fraction of sp³-hybridized carbons (Fsp3) is 0.386. The average molecular weight is 1650 g/mol. The van der Waals surface area contributed by atoms with Gasteiger partial charge >= 0.3 is 11.9 Å². The molecule has 1 saturated carbocycles. The third kappa shape index (κ3) is 24.9. The number of carbonyl (C=O) groups excluding carboxylic acids is 3. The third-order valence-corrected chi connectivity index (χ3v) is 50.6. The minimum absolute atomic E-state index is 0. The van der Waals surface area contributed by atoms with Crippen molar-refractivity contribution in [1.29, 1.82) is 5.26 Å². The van der Waals surface area contributed by atoms with Crippen LogP contribution in [0.5, 0.6) is 0 Å². The van der Waals surface area contributed by atoms with E-state index in [9.17, 15) is 39.9 Å². The van der Waals surface area contributed by atoms with Crippen LogP contribution in [0, 0.1) is 31.6 Å². The number of hydrogen-bond donors (Lipinski definition) is 4. The number of benzene rings is 2. The van der Waals surface area contributed by atoms with Crippen molar-refractivity contribution in [1.82, 2.24) is 10.3 Å². The molecule has 1 aromatic heterocycles. The van der Waals surface area contributed by atoms with Crippen LogP contribution >= 0.6 is 46.4 Å². The second kappa shape index (κ2) is 39.7. The Kier molecular flexibility index (Phi) is 29.1. The number of esters is 2. The van der Waals surface area contributed by atoms with Gasteiger partial charge in [0, 0.05) is 294 Å². The number of nitro benzene ring substituents is 2. The van der Waals surface area contributed by atoms with Crippen molar-refractivity contribution in [3.05, 3.63) is 131 Å². The Morgan fingerprint density at radius 2 is 1.13 bits per heavy atom. The van der Waals surface area contributed by atoms with Crippen molar-refractivity contribution in [2.45, 2.75) is 93.1 Å². The second-order valence-electron chi connectivity index (χ2n) is 16.6. The number of nitrogens with zero attached hydrogens (tertiary/aromatic N) is 4. The van der Waals surface area contributed by atoms with Crippen LogP contribution in [0.2, 0.25) is 0 Å². The van der Waals surface area contributed by atoms with E-state index in [2.05, 4.69) is 10.6 Å². The van der Waals surface area contributed by atoms with Gasteiger partial charge < -0.3 is 31.6 Å². The molecule has 484 valence electrons. The van der Waals surface area contributed by atoms with Gasteiger partial charge in [-0.1, -0.05) is 24.3 Å². The smallest absolute Gasteiger partial charge is 0.336 e. The van der Waals surface area contributed by atoms with Gasteiger partial charge in [0.1, 0.15) is 26.1 Å². The fourth-order valence-corrected chi connectivity index (χ4v) is 52.8. The molecule has 0 saturated heterocycles. The summed E-state index contributed by atoms with van der Waals surface area (Å²) >= 11 is 33.8. The van der Waals surface area contributed by atoms with Gasteiger partial charge in [0.25, 0.3) is 11.4 Å². The number of dihydropyridines is 1. The van der Waals surface area contributed by atoms with Crippen molar-refractivity contribution in [2.24, 2.45) is 5.73 Å². The molecule has 3 aromatic rings. The number of nitriles is 1. The predicted molar refractivity (Wildman–Crippen MR) is 414 cm³/mol. The summed E-state index contributed by atoms with van der Waals surface area (Å²) in [5.74, 6) is -1.74. The summed E-state index contributed by atoms with van der Waals surface area (Å²) in [6, 6.07) is 13.9. The predicted octanol–water partition coefficient (Wildman–Crippen LogP) is 11.2. The summed E-state index contributed by atoms with van der Waals surface area (Å²) < 4.78 is 98.8. The summed E-state index contributed by atoms with van der Waals surface area (Å²) in [4.78, 5) is 62.2. The Labute approximate surface area is 599 Å². The fourth-order valence-electron chi connectivity index (χ4n) is 8.07. The average Bonchev–Trinajstić information content (AvgIpc) is 0.741. The van der Waals surface area contributed by atoms with Crippen LogP contribution in [0.15, 0.2) is 82.5 Å². The van der Waals surface area contributed by atoms with Crippen LogP contribution in [-0.4, -0.2) is 54.4 Å². The SMILES string of the molecule is CCOC(=O)C1=C(C)NC(N)=C(C#N)C1c1cccc([N+](=O)[O-])c1.CCOC(=O)C1=C(C)Nc2nc3c(c(N)c2C1c1cccc([N+](=O)[O-])c1)CC(Cl)(Cl)CC3.O=C1CCC(Cl)(Cl)CC1.S=S=S=S=S=S=S=S=S=S=S=S=S=S=S=S=S=S=S=S.[2HH].[2H][2H].[2H][2H].[2H][2H].[2H][2H].[2H][2H].[2H][2H].[2H][2H].[2H][2H].[2H][2H]. The van der Waals surface area contributed by atoms with Gasteiger partial charge in [0.2, 0.25) is 0 Å². The van der Waals surface area contributed by atoms with E-state index in [0.717, 1.165) is 11.3 Å². The summed E-state index contributed by atoms with van der Waals surface area (Å²) in [6.45, 7) is 7.12. The van der Waals surface area contributed by atoms with E-state index in [-0.39, 0.29) is 48.8 Å². The number of fused-ring (bicyclic) bond motifs is 2. The summed E-state index contributed by atoms with van der Waals surface area (Å²) in [5.41, 5.74) is 17.4. The molecule has 2 atom stereocenters. The number of aromatic nitrogens is 1. The molecule has 7 rings (SSSR count).